The van der Waals surface area contributed by atoms with Crippen molar-refractivity contribution < 1.29 is 4.42 Å². The number of oxazole rings is 1. The molecule has 0 atom stereocenters. The molecule has 0 radical (unpaired) electrons. The molecule has 0 saturated carbocycles. The summed E-state index contributed by atoms with van der Waals surface area (Å²) >= 11 is 0. The molecule has 0 fully saturated rings. The molecule has 0 saturated heterocycles. The van der Waals surface area contributed by atoms with E-state index in [1.54, 1.807) is 11.1 Å². The predicted octanol–water partition coefficient (Wildman–Crippen LogP) is 0.212. The second-order valence-corrected chi connectivity index (χ2v) is 2.50. The lowest BCUT2D eigenvalue weighted by atomic mass is 10.4. The maximum Gasteiger partial charge on any atom is 0.292 e. The third-order valence-electron chi connectivity index (χ3n) is 1.34. The van der Waals surface area contributed by atoms with E-state index in [0.717, 1.165) is 0 Å². The van der Waals surface area contributed by atoms with Crippen LogP contribution in [0, 0.1) is 11.3 Å². The van der Waals surface area contributed by atoms with E-state index in [9.17, 15) is 0 Å². The van der Waals surface area contributed by atoms with Crippen molar-refractivity contribution >= 4 is 6.01 Å². The third-order valence-corrected chi connectivity index (χ3v) is 1.34. The summed E-state index contributed by atoms with van der Waals surface area (Å²) in [6, 6.07) is 2.19. The standard InChI is InChI=1S/C7H10N4O/c1-11(3-2-8)5-6-4-10-7(9)12-6/h4H,3,5H2,1H3,(H2,9,10). The fourth-order valence-electron chi connectivity index (χ4n) is 0.838. The zero-order valence-corrected chi connectivity index (χ0v) is 6.82. The van der Waals surface area contributed by atoms with Crippen molar-refractivity contribution in [3.63, 3.8) is 0 Å². The molecule has 5 nitrogen and oxygen atoms in total. The Bertz CT molecular complexity index is 288. The minimum atomic E-state index is 0.162. The SMILES string of the molecule is CN(CC#N)Cc1cnc(N)o1. The van der Waals surface area contributed by atoms with Crippen LogP contribution in [-0.2, 0) is 6.54 Å². The van der Waals surface area contributed by atoms with Gasteiger partial charge in [0.1, 0.15) is 5.76 Å². The van der Waals surface area contributed by atoms with E-state index in [4.69, 9.17) is 15.4 Å². The number of nitrogen functional groups attached to an aromatic ring is 1. The molecule has 2 N–H and O–H groups in total. The van der Waals surface area contributed by atoms with Gasteiger partial charge >= 0.3 is 0 Å². The second kappa shape index (κ2) is 3.74. The van der Waals surface area contributed by atoms with E-state index >= 15 is 0 Å². The fraction of sp³-hybridized carbons (Fsp3) is 0.429. The molecule has 0 spiro atoms. The first-order valence-corrected chi connectivity index (χ1v) is 3.48. The summed E-state index contributed by atoms with van der Waals surface area (Å²) < 4.78 is 5.02. The van der Waals surface area contributed by atoms with E-state index in [1.807, 2.05) is 13.1 Å². The minimum absolute atomic E-state index is 0.162. The lowest BCUT2D eigenvalue weighted by Gasteiger charge is -2.08. The van der Waals surface area contributed by atoms with Crippen LogP contribution in [-0.4, -0.2) is 23.5 Å². The van der Waals surface area contributed by atoms with E-state index < -0.39 is 0 Å². The highest BCUT2D eigenvalue weighted by Crippen LogP contribution is 2.06. The molecule has 0 amide bonds. The van der Waals surface area contributed by atoms with Gasteiger partial charge in [0.05, 0.1) is 25.4 Å². The van der Waals surface area contributed by atoms with Gasteiger partial charge in [-0.25, -0.2) is 4.98 Å². The van der Waals surface area contributed by atoms with Crippen LogP contribution in [0.15, 0.2) is 10.6 Å². The molecule has 1 rings (SSSR count). The summed E-state index contributed by atoms with van der Waals surface area (Å²) in [5.74, 6) is 0.672. The summed E-state index contributed by atoms with van der Waals surface area (Å²) in [5.41, 5.74) is 5.27. The monoisotopic (exact) mass is 166 g/mol. The summed E-state index contributed by atoms with van der Waals surface area (Å²) in [4.78, 5) is 5.54. The van der Waals surface area contributed by atoms with Gasteiger partial charge in [-0.15, -0.1) is 0 Å². The normalized spacial score (nSPS) is 10.1. The summed E-state index contributed by atoms with van der Waals surface area (Å²) in [6.45, 7) is 0.915. The number of rotatable bonds is 3. The largest absolute Gasteiger partial charge is 0.428 e. The van der Waals surface area contributed by atoms with Gasteiger partial charge in [-0.2, -0.15) is 5.26 Å². The van der Waals surface area contributed by atoms with Crippen molar-refractivity contribution in [2.75, 3.05) is 19.3 Å². The van der Waals surface area contributed by atoms with Crippen LogP contribution in [0.2, 0.25) is 0 Å². The van der Waals surface area contributed by atoms with E-state index in [2.05, 4.69) is 4.98 Å². The topological polar surface area (TPSA) is 79.1 Å². The molecule has 5 heteroatoms. The first-order valence-electron chi connectivity index (χ1n) is 3.48. The Morgan fingerprint density at radius 1 is 1.83 bits per heavy atom. The molecule has 12 heavy (non-hydrogen) atoms. The molecule has 0 bridgehead atoms. The summed E-state index contributed by atoms with van der Waals surface area (Å²) in [7, 11) is 1.82. The molecule has 0 aromatic carbocycles. The summed E-state index contributed by atoms with van der Waals surface area (Å²) in [6.07, 6.45) is 1.56. The highest BCUT2D eigenvalue weighted by atomic mass is 16.4. The Balaban J connectivity index is 2.47. The number of aromatic nitrogens is 1. The van der Waals surface area contributed by atoms with Gasteiger partial charge in [-0.3, -0.25) is 4.90 Å². The predicted molar refractivity (Wildman–Crippen MR) is 42.9 cm³/mol. The fourth-order valence-corrected chi connectivity index (χ4v) is 0.838. The Morgan fingerprint density at radius 2 is 2.58 bits per heavy atom. The Morgan fingerprint density at radius 3 is 3.08 bits per heavy atom. The number of anilines is 1. The number of hydrogen-bond acceptors (Lipinski definition) is 5. The Hall–Kier alpha value is -1.54. The van der Waals surface area contributed by atoms with Crippen molar-refractivity contribution in [1.82, 2.24) is 9.88 Å². The quantitative estimate of drug-likeness (QED) is 0.649. The maximum atomic E-state index is 8.36. The van der Waals surface area contributed by atoms with Crippen molar-refractivity contribution in [3.05, 3.63) is 12.0 Å². The Kier molecular flexibility index (Phi) is 2.66. The van der Waals surface area contributed by atoms with Crippen molar-refractivity contribution in [2.45, 2.75) is 6.54 Å². The average Bonchev–Trinajstić information content (AvgIpc) is 2.36. The zero-order chi connectivity index (χ0) is 8.97. The molecule has 0 unspecified atom stereocenters. The molecule has 1 aromatic rings. The van der Waals surface area contributed by atoms with Crippen LogP contribution in [0.1, 0.15) is 5.76 Å². The number of nitrogens with two attached hydrogens (primary N) is 1. The first kappa shape index (κ1) is 8.56. The number of hydrogen-bond donors (Lipinski definition) is 1. The van der Waals surface area contributed by atoms with Crippen molar-refractivity contribution in [3.8, 4) is 6.07 Å². The molecule has 0 aliphatic heterocycles. The smallest absolute Gasteiger partial charge is 0.292 e. The van der Waals surface area contributed by atoms with Gasteiger partial charge in [0.15, 0.2) is 0 Å². The van der Waals surface area contributed by atoms with Gasteiger partial charge < -0.3 is 10.2 Å². The van der Waals surface area contributed by atoms with Gasteiger partial charge in [0, 0.05) is 0 Å². The van der Waals surface area contributed by atoms with Crippen LogP contribution >= 0.6 is 0 Å². The van der Waals surface area contributed by atoms with Crippen molar-refractivity contribution in [2.24, 2.45) is 0 Å². The maximum absolute atomic E-state index is 8.36. The number of nitrogens with zero attached hydrogens (tertiary/aromatic N) is 3. The lowest BCUT2D eigenvalue weighted by Crippen LogP contribution is -2.17. The zero-order valence-electron chi connectivity index (χ0n) is 6.82. The molecular weight excluding hydrogens is 156 g/mol. The van der Waals surface area contributed by atoms with E-state index in [1.165, 1.54) is 0 Å². The molecular formula is C7H10N4O. The third kappa shape index (κ3) is 2.25. The second-order valence-electron chi connectivity index (χ2n) is 2.50. The van der Waals surface area contributed by atoms with Crippen LogP contribution in [0.3, 0.4) is 0 Å². The van der Waals surface area contributed by atoms with Crippen LogP contribution in [0.25, 0.3) is 0 Å². The number of nitriles is 1. The van der Waals surface area contributed by atoms with E-state index in [0.29, 0.717) is 18.8 Å². The van der Waals surface area contributed by atoms with Gasteiger partial charge in [0.25, 0.3) is 6.01 Å². The average molecular weight is 166 g/mol. The van der Waals surface area contributed by atoms with Gasteiger partial charge in [-0.05, 0) is 7.05 Å². The lowest BCUT2D eigenvalue weighted by molar-refractivity contribution is 0.328. The van der Waals surface area contributed by atoms with Gasteiger partial charge in [0.2, 0.25) is 0 Å². The van der Waals surface area contributed by atoms with Gasteiger partial charge in [-0.1, -0.05) is 0 Å². The molecule has 1 heterocycles. The van der Waals surface area contributed by atoms with E-state index in [-0.39, 0.29) is 6.01 Å². The molecule has 64 valence electrons. The molecule has 0 aliphatic carbocycles. The minimum Gasteiger partial charge on any atom is -0.428 e. The van der Waals surface area contributed by atoms with Crippen LogP contribution in [0.4, 0.5) is 6.01 Å². The van der Waals surface area contributed by atoms with Crippen LogP contribution in [0.5, 0.6) is 0 Å². The van der Waals surface area contributed by atoms with Crippen molar-refractivity contribution in [1.29, 1.82) is 5.26 Å². The summed E-state index contributed by atoms with van der Waals surface area (Å²) in [5, 5.41) is 8.36. The van der Waals surface area contributed by atoms with Crippen LogP contribution < -0.4 is 5.73 Å². The highest BCUT2D eigenvalue weighted by molar-refractivity contribution is 5.10. The Labute approximate surface area is 70.4 Å². The highest BCUT2D eigenvalue weighted by Gasteiger charge is 2.03. The first-order chi connectivity index (χ1) is 5.72. The molecule has 1 aromatic heterocycles. The molecule has 0 aliphatic rings.